The van der Waals surface area contributed by atoms with Crippen LogP contribution < -0.4 is 0 Å². The van der Waals surface area contributed by atoms with E-state index in [9.17, 15) is 4.39 Å². The molecule has 2 aliphatic rings. The summed E-state index contributed by atoms with van der Waals surface area (Å²) in [7, 11) is 1.00. The third kappa shape index (κ3) is 4.94. The van der Waals surface area contributed by atoms with Gasteiger partial charge in [0.1, 0.15) is 5.82 Å². The Morgan fingerprint density at radius 3 is 2.37 bits per heavy atom. The van der Waals surface area contributed by atoms with Crippen molar-refractivity contribution >= 4 is 36.7 Å². The standard InChI is InChI=1S/C14H11FN2.C6H10N.CH4O.Pb/c1-10-2-3-11-9-16-17(14(11)8-10)13-6-4-12(15)5-7-13;1-7-3-5-2-6(5)4-7;1-2;/h2-9H,1H3;5-6H,1-4H2;2H,1H3;. The molecule has 0 bridgehead atoms. The van der Waals surface area contributed by atoms with Gasteiger partial charge in [-0.2, -0.15) is 5.10 Å². The number of likely N-dealkylation sites (tertiary alicyclic amines) is 1. The zero-order chi connectivity index (χ0) is 19.4. The van der Waals surface area contributed by atoms with Crippen molar-refractivity contribution in [3.05, 3.63) is 60.0 Å². The quantitative estimate of drug-likeness (QED) is 0.489. The molecule has 2 atom stereocenters. The zero-order valence-electron chi connectivity index (χ0n) is 15.8. The summed E-state index contributed by atoms with van der Waals surface area (Å²) < 4.78 is 16.1. The molecule has 1 saturated carbocycles. The number of hydrogen-bond donors (Lipinski definition) is 1. The minimum absolute atomic E-state index is 0.235. The summed E-state index contributed by atoms with van der Waals surface area (Å²) in [5.41, 5.74) is 3.09. The monoisotopic (exact) mass is 562 g/mol. The number of halogens is 1. The number of fused-ring (bicyclic) bond motifs is 2. The van der Waals surface area contributed by atoms with Gasteiger partial charge in [0.05, 0.1) is 17.4 Å². The van der Waals surface area contributed by atoms with Crippen molar-refractivity contribution in [3.8, 4) is 5.69 Å². The summed E-state index contributed by atoms with van der Waals surface area (Å²) in [4.78, 5) is 2.62. The van der Waals surface area contributed by atoms with Gasteiger partial charge in [-0.25, -0.2) is 9.07 Å². The second kappa shape index (κ2) is 9.25. The first-order valence-corrected chi connectivity index (χ1v) is 11.9. The van der Waals surface area contributed by atoms with E-state index < -0.39 is 0 Å². The van der Waals surface area contributed by atoms with Gasteiger partial charge < -0.3 is 5.11 Å². The van der Waals surface area contributed by atoms with Crippen molar-refractivity contribution in [2.24, 2.45) is 11.8 Å². The first-order chi connectivity index (χ1) is 13.1. The van der Waals surface area contributed by atoms with Crippen LogP contribution in [0.25, 0.3) is 16.6 Å². The molecule has 2 heterocycles. The van der Waals surface area contributed by atoms with Crippen molar-refractivity contribution in [2.75, 3.05) is 24.3 Å². The van der Waals surface area contributed by atoms with Gasteiger partial charge in [-0.05, 0) is 42.8 Å². The molecule has 1 saturated heterocycles. The van der Waals surface area contributed by atoms with E-state index in [0.29, 0.717) is 0 Å². The van der Waals surface area contributed by atoms with Crippen molar-refractivity contribution < 1.29 is 9.50 Å². The predicted octanol–water partition coefficient (Wildman–Crippen LogP) is 3.15. The molecule has 0 amide bonds. The van der Waals surface area contributed by atoms with Crippen LogP contribution in [-0.2, 0) is 0 Å². The molecule has 6 heteroatoms. The molecule has 2 fully saturated rings. The first-order valence-electron chi connectivity index (χ1n) is 9.16. The summed E-state index contributed by atoms with van der Waals surface area (Å²) in [5.74, 6) is 2.05. The molecule has 1 N–H and O–H groups in total. The van der Waals surface area contributed by atoms with Gasteiger partial charge in [0.25, 0.3) is 0 Å². The molecule has 3 radical (unpaired) electrons. The third-order valence-corrected chi connectivity index (χ3v) is 6.81. The minimum atomic E-state index is -0.235. The van der Waals surface area contributed by atoms with Crippen LogP contribution in [0.3, 0.4) is 0 Å². The Bertz CT molecular complexity index is 871. The average molecular weight is 562 g/mol. The summed E-state index contributed by atoms with van der Waals surface area (Å²) in [6, 6.07) is 12.5. The number of aromatic nitrogens is 2. The molecule has 1 aromatic heterocycles. The fourth-order valence-electron chi connectivity index (χ4n) is 3.54. The van der Waals surface area contributed by atoms with Crippen molar-refractivity contribution in [2.45, 2.75) is 13.3 Å². The Morgan fingerprint density at radius 1 is 1.11 bits per heavy atom. The first kappa shape index (κ1) is 20.4. The van der Waals surface area contributed by atoms with Gasteiger partial charge >= 0.3 is 66.1 Å². The van der Waals surface area contributed by atoms with Crippen LogP contribution in [0, 0.1) is 24.6 Å². The molecule has 5 rings (SSSR count). The molecule has 1 aliphatic carbocycles. The van der Waals surface area contributed by atoms with E-state index in [4.69, 9.17) is 5.11 Å². The van der Waals surface area contributed by atoms with E-state index in [1.807, 2.05) is 23.9 Å². The Morgan fingerprint density at radius 2 is 1.78 bits per heavy atom. The zero-order valence-corrected chi connectivity index (χ0v) is 19.7. The maximum absolute atomic E-state index is 12.9. The van der Waals surface area contributed by atoms with E-state index in [1.54, 1.807) is 18.6 Å². The van der Waals surface area contributed by atoms with E-state index in [-0.39, 0.29) is 5.82 Å². The number of rotatable bonds is 2. The van der Waals surface area contributed by atoms with Gasteiger partial charge in [0.2, 0.25) is 0 Å². The van der Waals surface area contributed by atoms with Gasteiger partial charge in [0.15, 0.2) is 0 Å². The van der Waals surface area contributed by atoms with Crippen LogP contribution in [0.1, 0.15) is 12.0 Å². The fraction of sp³-hybridized carbons (Fsp3) is 0.381. The molecule has 3 aromatic rings. The van der Waals surface area contributed by atoms with Gasteiger partial charge in [-0.1, -0.05) is 12.1 Å². The SMILES string of the molecule is CO.Cc1ccc2cnn(-c3ccc(F)cc3)c2c1.[Pb][CH2]N1CC2CC2C1. The van der Waals surface area contributed by atoms with E-state index in [2.05, 4.69) is 22.1 Å². The van der Waals surface area contributed by atoms with Crippen molar-refractivity contribution in [1.82, 2.24) is 14.7 Å². The molecule has 2 aromatic carbocycles. The van der Waals surface area contributed by atoms with Crippen LogP contribution in [0.5, 0.6) is 0 Å². The third-order valence-electron chi connectivity index (χ3n) is 5.08. The predicted molar refractivity (Wildman–Crippen MR) is 108 cm³/mol. The molecule has 27 heavy (non-hydrogen) atoms. The van der Waals surface area contributed by atoms with Gasteiger partial charge in [-0.3, -0.25) is 0 Å². The van der Waals surface area contributed by atoms with Gasteiger partial charge in [0, 0.05) is 12.5 Å². The van der Waals surface area contributed by atoms with Crippen LogP contribution in [0.4, 0.5) is 4.39 Å². The molecular formula is C21H25FN3OPb. The Balaban J connectivity index is 0.000000175. The molecule has 1 aliphatic heterocycles. The van der Waals surface area contributed by atoms with Crippen LogP contribution in [0.2, 0.25) is 0 Å². The Labute approximate surface area is 175 Å². The van der Waals surface area contributed by atoms with Crippen LogP contribution in [-0.4, -0.2) is 69.9 Å². The number of nitrogens with zero attached hydrogens (tertiary/aromatic N) is 3. The second-order valence-corrected chi connectivity index (χ2v) is 8.27. The number of aliphatic hydroxyl groups excluding tert-OH is 1. The number of aliphatic hydroxyl groups is 1. The molecule has 2 unspecified atom stereocenters. The number of aryl methyl sites for hydroxylation is 1. The number of piperidine rings is 1. The van der Waals surface area contributed by atoms with Crippen LogP contribution in [0.15, 0.2) is 48.7 Å². The second-order valence-electron chi connectivity index (χ2n) is 7.05. The normalized spacial score (nSPS) is 20.3. The summed E-state index contributed by atoms with van der Waals surface area (Å²) >= 11 is 1.37. The molecule has 4 nitrogen and oxygen atoms in total. The maximum atomic E-state index is 12.9. The summed E-state index contributed by atoms with van der Waals surface area (Å²) in [5, 5.41) is 12.4. The average Bonchev–Trinajstić information content (AvgIpc) is 3.12. The van der Waals surface area contributed by atoms with E-state index >= 15 is 0 Å². The summed E-state index contributed by atoms with van der Waals surface area (Å²) in [6.07, 6.45) is 3.37. The summed E-state index contributed by atoms with van der Waals surface area (Å²) in [6.45, 7) is 4.92. The topological polar surface area (TPSA) is 41.3 Å². The number of hydrogen-bond acceptors (Lipinski definition) is 3. The molecule has 0 spiro atoms. The Hall–Kier alpha value is -1.32. The van der Waals surface area contributed by atoms with Crippen LogP contribution >= 0.6 is 0 Å². The Kier molecular flexibility index (Phi) is 7.00. The van der Waals surface area contributed by atoms with E-state index in [0.717, 1.165) is 35.5 Å². The molecule has 141 valence electrons. The van der Waals surface area contributed by atoms with E-state index in [1.165, 1.54) is 60.7 Å². The fourth-order valence-corrected chi connectivity index (χ4v) is 4.54. The number of benzene rings is 2. The van der Waals surface area contributed by atoms with Crippen molar-refractivity contribution in [1.29, 1.82) is 0 Å². The van der Waals surface area contributed by atoms with Gasteiger partial charge in [-0.15, -0.1) is 0 Å². The van der Waals surface area contributed by atoms with Crippen molar-refractivity contribution in [3.63, 3.8) is 0 Å². The molecular weight excluding hydrogens is 536 g/mol.